The molecule has 3 aromatic rings. The second-order valence-electron chi connectivity index (χ2n) is 6.19. The molecule has 0 aromatic carbocycles. The SMILES string of the molecule is Cc1nn(C)c2sc(C(=O)N3CCN(Cc4cccs4)CC3)cc12. The van der Waals surface area contributed by atoms with Crippen molar-refractivity contribution in [3.63, 3.8) is 0 Å². The van der Waals surface area contributed by atoms with E-state index in [1.807, 2.05) is 29.6 Å². The molecule has 1 saturated heterocycles. The van der Waals surface area contributed by atoms with Crippen molar-refractivity contribution in [1.82, 2.24) is 19.6 Å². The van der Waals surface area contributed by atoms with Crippen LogP contribution >= 0.6 is 22.7 Å². The van der Waals surface area contributed by atoms with Crippen molar-refractivity contribution in [2.75, 3.05) is 26.2 Å². The molecule has 0 radical (unpaired) electrons. The van der Waals surface area contributed by atoms with Crippen LogP contribution in [0.3, 0.4) is 0 Å². The predicted molar refractivity (Wildman–Crippen MR) is 98.8 cm³/mol. The fourth-order valence-electron chi connectivity index (χ4n) is 3.20. The van der Waals surface area contributed by atoms with Gasteiger partial charge < -0.3 is 4.90 Å². The molecule has 3 aromatic heterocycles. The lowest BCUT2D eigenvalue weighted by Gasteiger charge is -2.34. The standard InChI is InChI=1S/C17H20N4OS2/c1-12-14-10-15(24-17(14)19(2)18-12)16(22)21-7-5-20(6-8-21)11-13-4-3-9-23-13/h3-4,9-10H,5-8,11H2,1-2H3. The number of hydrogen-bond acceptors (Lipinski definition) is 5. The Morgan fingerprint density at radius 1 is 1.29 bits per heavy atom. The zero-order chi connectivity index (χ0) is 16.7. The lowest BCUT2D eigenvalue weighted by molar-refractivity contribution is 0.0634. The van der Waals surface area contributed by atoms with Crippen LogP contribution in [0.25, 0.3) is 10.2 Å². The lowest BCUT2D eigenvalue weighted by atomic mass is 10.2. The highest BCUT2D eigenvalue weighted by Crippen LogP contribution is 2.28. The molecule has 0 aliphatic carbocycles. The third-order valence-corrected chi connectivity index (χ3v) is 6.58. The van der Waals surface area contributed by atoms with E-state index in [2.05, 4.69) is 27.5 Å². The second-order valence-corrected chi connectivity index (χ2v) is 8.25. The fraction of sp³-hybridized carbons (Fsp3) is 0.412. The number of aromatic nitrogens is 2. The van der Waals surface area contributed by atoms with Gasteiger partial charge in [0.05, 0.1) is 10.6 Å². The molecule has 1 aliphatic heterocycles. The lowest BCUT2D eigenvalue weighted by Crippen LogP contribution is -2.48. The third-order valence-electron chi connectivity index (χ3n) is 4.53. The van der Waals surface area contributed by atoms with Crippen LogP contribution in [-0.4, -0.2) is 51.7 Å². The van der Waals surface area contributed by atoms with Crippen LogP contribution < -0.4 is 0 Å². The molecule has 0 saturated carbocycles. The van der Waals surface area contributed by atoms with Gasteiger partial charge in [-0.05, 0) is 24.4 Å². The van der Waals surface area contributed by atoms with E-state index < -0.39 is 0 Å². The molecule has 24 heavy (non-hydrogen) atoms. The molecule has 1 amide bonds. The van der Waals surface area contributed by atoms with Gasteiger partial charge in [-0.3, -0.25) is 14.4 Å². The summed E-state index contributed by atoms with van der Waals surface area (Å²) in [5.41, 5.74) is 0.989. The summed E-state index contributed by atoms with van der Waals surface area (Å²) in [5.74, 6) is 0.159. The van der Waals surface area contributed by atoms with Crippen molar-refractivity contribution in [2.24, 2.45) is 7.05 Å². The normalized spacial score (nSPS) is 16.2. The highest BCUT2D eigenvalue weighted by molar-refractivity contribution is 7.20. The van der Waals surface area contributed by atoms with E-state index in [-0.39, 0.29) is 5.91 Å². The molecule has 126 valence electrons. The largest absolute Gasteiger partial charge is 0.335 e. The minimum absolute atomic E-state index is 0.159. The average molecular weight is 361 g/mol. The number of thiophene rings is 2. The molecule has 4 heterocycles. The summed E-state index contributed by atoms with van der Waals surface area (Å²) in [6.45, 7) is 6.47. The molecular formula is C17H20N4OS2. The van der Waals surface area contributed by atoms with Gasteiger partial charge in [-0.25, -0.2) is 0 Å². The summed E-state index contributed by atoms with van der Waals surface area (Å²) in [6, 6.07) is 6.27. The molecule has 0 spiro atoms. The Morgan fingerprint density at radius 3 is 2.75 bits per heavy atom. The molecule has 0 bridgehead atoms. The summed E-state index contributed by atoms with van der Waals surface area (Å²) >= 11 is 3.35. The summed E-state index contributed by atoms with van der Waals surface area (Å²) in [6.07, 6.45) is 0. The number of carbonyl (C=O) groups excluding carboxylic acids is 1. The number of piperazine rings is 1. The van der Waals surface area contributed by atoms with Gasteiger partial charge >= 0.3 is 0 Å². The quantitative estimate of drug-likeness (QED) is 0.721. The maximum absolute atomic E-state index is 12.8. The predicted octanol–water partition coefficient (Wildman–Crippen LogP) is 2.96. The van der Waals surface area contributed by atoms with Crippen LogP contribution in [0.2, 0.25) is 0 Å². The first-order valence-corrected chi connectivity index (χ1v) is 9.78. The molecule has 7 heteroatoms. The number of aryl methyl sites for hydroxylation is 2. The molecule has 4 rings (SSSR count). The highest BCUT2D eigenvalue weighted by atomic mass is 32.1. The monoisotopic (exact) mass is 360 g/mol. The molecule has 0 N–H and O–H groups in total. The van der Waals surface area contributed by atoms with Gasteiger partial charge in [-0.2, -0.15) is 5.10 Å². The maximum Gasteiger partial charge on any atom is 0.264 e. The van der Waals surface area contributed by atoms with Gasteiger partial charge in [-0.15, -0.1) is 22.7 Å². The Morgan fingerprint density at radius 2 is 2.08 bits per heavy atom. The minimum Gasteiger partial charge on any atom is -0.335 e. The van der Waals surface area contributed by atoms with E-state index in [0.29, 0.717) is 0 Å². The van der Waals surface area contributed by atoms with Crippen LogP contribution in [-0.2, 0) is 13.6 Å². The van der Waals surface area contributed by atoms with E-state index in [9.17, 15) is 4.79 Å². The van der Waals surface area contributed by atoms with Crippen molar-refractivity contribution in [3.05, 3.63) is 39.0 Å². The first-order valence-electron chi connectivity index (χ1n) is 8.09. The highest BCUT2D eigenvalue weighted by Gasteiger charge is 2.24. The Kier molecular flexibility index (Phi) is 4.15. The average Bonchev–Trinajstić information content (AvgIpc) is 3.28. The first-order chi connectivity index (χ1) is 11.6. The smallest absolute Gasteiger partial charge is 0.264 e. The zero-order valence-corrected chi connectivity index (χ0v) is 15.5. The Labute approximate surface area is 149 Å². The van der Waals surface area contributed by atoms with Gasteiger partial charge in [0.25, 0.3) is 5.91 Å². The van der Waals surface area contributed by atoms with Crippen LogP contribution in [0.1, 0.15) is 20.2 Å². The Bertz CT molecular complexity index is 822. The van der Waals surface area contributed by atoms with Crippen molar-refractivity contribution in [2.45, 2.75) is 13.5 Å². The van der Waals surface area contributed by atoms with E-state index in [1.165, 1.54) is 4.88 Å². The number of fused-ring (bicyclic) bond motifs is 1. The van der Waals surface area contributed by atoms with E-state index in [4.69, 9.17) is 0 Å². The second kappa shape index (κ2) is 6.31. The number of rotatable bonds is 3. The van der Waals surface area contributed by atoms with Gasteiger partial charge in [0.2, 0.25) is 0 Å². The molecule has 1 aliphatic rings. The van der Waals surface area contributed by atoms with Crippen LogP contribution in [0.15, 0.2) is 23.6 Å². The topological polar surface area (TPSA) is 41.4 Å². The van der Waals surface area contributed by atoms with Gasteiger partial charge in [0.15, 0.2) is 0 Å². The molecular weight excluding hydrogens is 340 g/mol. The van der Waals surface area contributed by atoms with Crippen molar-refractivity contribution < 1.29 is 4.79 Å². The van der Waals surface area contributed by atoms with Gasteiger partial charge in [-0.1, -0.05) is 6.07 Å². The number of amides is 1. The van der Waals surface area contributed by atoms with E-state index in [0.717, 1.165) is 53.5 Å². The van der Waals surface area contributed by atoms with Crippen LogP contribution in [0, 0.1) is 6.92 Å². The zero-order valence-electron chi connectivity index (χ0n) is 13.9. The molecule has 0 atom stereocenters. The van der Waals surface area contributed by atoms with Gasteiger partial charge in [0, 0.05) is 50.0 Å². The fourth-order valence-corrected chi connectivity index (χ4v) is 5.04. The van der Waals surface area contributed by atoms with Crippen molar-refractivity contribution >= 4 is 38.8 Å². The first kappa shape index (κ1) is 15.8. The van der Waals surface area contributed by atoms with Gasteiger partial charge in [0.1, 0.15) is 4.83 Å². The number of hydrogen-bond donors (Lipinski definition) is 0. The maximum atomic E-state index is 12.8. The molecule has 5 nitrogen and oxygen atoms in total. The van der Waals surface area contributed by atoms with E-state index in [1.54, 1.807) is 22.7 Å². The summed E-state index contributed by atoms with van der Waals surface area (Å²) in [7, 11) is 1.93. The summed E-state index contributed by atoms with van der Waals surface area (Å²) in [4.78, 5) is 20.5. The third kappa shape index (κ3) is 2.87. The van der Waals surface area contributed by atoms with E-state index >= 15 is 0 Å². The van der Waals surface area contributed by atoms with Crippen molar-refractivity contribution in [3.8, 4) is 0 Å². The summed E-state index contributed by atoms with van der Waals surface area (Å²) < 4.78 is 1.87. The van der Waals surface area contributed by atoms with Crippen LogP contribution in [0.5, 0.6) is 0 Å². The molecule has 0 unspecified atom stereocenters. The number of nitrogens with zero attached hydrogens (tertiary/aromatic N) is 4. The Balaban J connectivity index is 1.42. The molecule has 1 fully saturated rings. The van der Waals surface area contributed by atoms with Crippen LogP contribution in [0.4, 0.5) is 0 Å². The summed E-state index contributed by atoms with van der Waals surface area (Å²) in [5, 5.41) is 7.62. The number of carbonyl (C=O) groups is 1. The Hall–Kier alpha value is -1.70. The van der Waals surface area contributed by atoms with Crippen molar-refractivity contribution in [1.29, 1.82) is 0 Å². The minimum atomic E-state index is 0.159.